The molecule has 0 saturated carbocycles. The van der Waals surface area contributed by atoms with Crippen molar-refractivity contribution in [1.29, 1.82) is 0 Å². The molecule has 6 heteroatoms. The highest BCUT2D eigenvalue weighted by atomic mass is 35.5. The maximum Gasteiger partial charge on any atom is 0.206 e. The Bertz CT molecular complexity index is 827. The fourth-order valence-electron chi connectivity index (χ4n) is 1.92. The van der Waals surface area contributed by atoms with E-state index in [9.17, 15) is 0 Å². The van der Waals surface area contributed by atoms with Crippen LogP contribution >= 0.6 is 34.3 Å². The van der Waals surface area contributed by atoms with Crippen LogP contribution in [0.4, 0.5) is 0 Å². The standard InChI is InChI=1S/C16H14ClN3S2/c1-2-18-16-20(14(11-22-16)15-4-3-9-21-15)19-10-12-5-7-13(17)8-6-12/h3-11H,2H2,1H3. The lowest BCUT2D eigenvalue weighted by Crippen LogP contribution is -2.12. The first-order valence-electron chi connectivity index (χ1n) is 6.83. The van der Waals surface area contributed by atoms with Crippen LogP contribution in [0.3, 0.4) is 0 Å². The first-order chi connectivity index (χ1) is 10.8. The molecule has 0 radical (unpaired) electrons. The van der Waals surface area contributed by atoms with Crippen molar-refractivity contribution in [2.24, 2.45) is 10.1 Å². The summed E-state index contributed by atoms with van der Waals surface area (Å²) in [6, 6.07) is 11.7. The monoisotopic (exact) mass is 347 g/mol. The lowest BCUT2D eigenvalue weighted by molar-refractivity contribution is 0.834. The molecule has 0 aliphatic carbocycles. The van der Waals surface area contributed by atoms with E-state index in [1.54, 1.807) is 22.7 Å². The van der Waals surface area contributed by atoms with E-state index in [2.05, 4.69) is 26.9 Å². The lowest BCUT2D eigenvalue weighted by atomic mass is 10.2. The van der Waals surface area contributed by atoms with Crippen molar-refractivity contribution in [3.05, 3.63) is 62.5 Å². The molecule has 2 heterocycles. The second-order valence-electron chi connectivity index (χ2n) is 4.46. The molecule has 0 spiro atoms. The van der Waals surface area contributed by atoms with E-state index in [4.69, 9.17) is 11.6 Å². The number of nitrogens with zero attached hydrogens (tertiary/aromatic N) is 3. The average Bonchev–Trinajstić information content (AvgIpc) is 3.16. The number of aromatic nitrogens is 1. The second-order valence-corrected chi connectivity index (χ2v) is 6.68. The Balaban J connectivity index is 2.03. The molecule has 112 valence electrons. The summed E-state index contributed by atoms with van der Waals surface area (Å²) in [6.45, 7) is 2.76. The van der Waals surface area contributed by atoms with Gasteiger partial charge in [0, 0.05) is 16.9 Å². The number of hydrogen-bond acceptors (Lipinski definition) is 4. The van der Waals surface area contributed by atoms with Crippen molar-refractivity contribution in [1.82, 2.24) is 4.68 Å². The van der Waals surface area contributed by atoms with E-state index in [1.807, 2.05) is 48.1 Å². The Morgan fingerprint density at radius 1 is 1.18 bits per heavy atom. The van der Waals surface area contributed by atoms with Crippen LogP contribution in [0, 0.1) is 0 Å². The molecule has 2 aromatic heterocycles. The number of hydrogen-bond donors (Lipinski definition) is 0. The fraction of sp³-hybridized carbons (Fsp3) is 0.125. The lowest BCUT2D eigenvalue weighted by Gasteiger charge is -2.00. The van der Waals surface area contributed by atoms with E-state index < -0.39 is 0 Å². The smallest absolute Gasteiger partial charge is 0.206 e. The summed E-state index contributed by atoms with van der Waals surface area (Å²) in [5.74, 6) is 0. The van der Waals surface area contributed by atoms with Gasteiger partial charge in [0.05, 0.1) is 16.8 Å². The van der Waals surface area contributed by atoms with Crippen LogP contribution in [0.1, 0.15) is 12.5 Å². The molecule has 0 amide bonds. The summed E-state index contributed by atoms with van der Waals surface area (Å²) < 4.78 is 1.90. The number of halogens is 1. The second kappa shape index (κ2) is 7.05. The van der Waals surface area contributed by atoms with Crippen LogP contribution in [-0.2, 0) is 0 Å². The number of thiophene rings is 1. The quantitative estimate of drug-likeness (QED) is 0.610. The Morgan fingerprint density at radius 2 is 2.00 bits per heavy atom. The summed E-state index contributed by atoms with van der Waals surface area (Å²) in [6.07, 6.45) is 1.83. The third kappa shape index (κ3) is 3.38. The summed E-state index contributed by atoms with van der Waals surface area (Å²) in [5.41, 5.74) is 2.07. The molecular weight excluding hydrogens is 334 g/mol. The van der Waals surface area contributed by atoms with E-state index in [0.717, 1.165) is 27.6 Å². The van der Waals surface area contributed by atoms with Gasteiger partial charge in [0.25, 0.3) is 0 Å². The maximum absolute atomic E-state index is 5.91. The van der Waals surface area contributed by atoms with Crippen LogP contribution < -0.4 is 4.80 Å². The topological polar surface area (TPSA) is 29.6 Å². The highest BCUT2D eigenvalue weighted by Crippen LogP contribution is 2.25. The van der Waals surface area contributed by atoms with Crippen molar-refractivity contribution in [2.75, 3.05) is 6.54 Å². The van der Waals surface area contributed by atoms with E-state index >= 15 is 0 Å². The number of benzene rings is 1. The zero-order valence-corrected chi connectivity index (χ0v) is 14.3. The molecule has 1 aromatic carbocycles. The van der Waals surface area contributed by atoms with Gasteiger partial charge in [-0.2, -0.15) is 5.10 Å². The zero-order chi connectivity index (χ0) is 15.4. The Labute approximate surface area is 141 Å². The largest absolute Gasteiger partial charge is 0.258 e. The van der Waals surface area contributed by atoms with Crippen molar-refractivity contribution in [3.63, 3.8) is 0 Å². The van der Waals surface area contributed by atoms with Gasteiger partial charge in [0.2, 0.25) is 4.80 Å². The number of rotatable bonds is 4. The predicted molar refractivity (Wildman–Crippen MR) is 96.2 cm³/mol. The summed E-state index contributed by atoms with van der Waals surface area (Å²) in [5, 5.41) is 9.50. The predicted octanol–water partition coefficient (Wildman–Crippen LogP) is 4.73. The fourth-order valence-corrected chi connectivity index (χ4v) is 3.74. The molecule has 0 aliphatic rings. The third-order valence-electron chi connectivity index (χ3n) is 2.94. The van der Waals surface area contributed by atoms with Crippen LogP contribution in [0.5, 0.6) is 0 Å². The van der Waals surface area contributed by atoms with Crippen LogP contribution in [0.2, 0.25) is 5.02 Å². The number of thiazole rings is 1. The minimum Gasteiger partial charge on any atom is -0.258 e. The summed E-state index contributed by atoms with van der Waals surface area (Å²) in [7, 11) is 0. The highest BCUT2D eigenvalue weighted by Gasteiger charge is 2.07. The van der Waals surface area contributed by atoms with Gasteiger partial charge in [-0.05, 0) is 36.1 Å². The van der Waals surface area contributed by atoms with Crippen molar-refractivity contribution >= 4 is 40.5 Å². The van der Waals surface area contributed by atoms with Gasteiger partial charge in [-0.1, -0.05) is 29.8 Å². The molecule has 0 fully saturated rings. The van der Waals surface area contributed by atoms with E-state index in [-0.39, 0.29) is 0 Å². The SMILES string of the molecule is CCN=c1scc(-c2cccs2)n1N=Cc1ccc(Cl)cc1. The third-order valence-corrected chi connectivity index (χ3v) is 4.94. The van der Waals surface area contributed by atoms with E-state index in [1.165, 1.54) is 4.88 Å². The molecule has 3 nitrogen and oxygen atoms in total. The molecule has 0 bridgehead atoms. The van der Waals surface area contributed by atoms with Gasteiger partial charge < -0.3 is 0 Å². The van der Waals surface area contributed by atoms with Gasteiger partial charge in [-0.25, -0.2) is 4.68 Å². The minimum absolute atomic E-state index is 0.723. The average molecular weight is 348 g/mol. The molecule has 0 saturated heterocycles. The molecular formula is C16H14ClN3S2. The van der Waals surface area contributed by atoms with Crippen LogP contribution in [0.25, 0.3) is 10.6 Å². The van der Waals surface area contributed by atoms with E-state index in [0.29, 0.717) is 0 Å². The Hall–Kier alpha value is -1.69. The molecule has 0 aliphatic heterocycles. The van der Waals surface area contributed by atoms with Crippen molar-refractivity contribution < 1.29 is 0 Å². The first-order valence-corrected chi connectivity index (χ1v) is 8.96. The molecule has 3 rings (SSSR count). The van der Waals surface area contributed by atoms with Crippen LogP contribution in [0.15, 0.2) is 57.3 Å². The maximum atomic E-state index is 5.91. The Morgan fingerprint density at radius 3 is 2.68 bits per heavy atom. The first kappa shape index (κ1) is 15.2. The minimum atomic E-state index is 0.723. The molecule has 3 aromatic rings. The zero-order valence-electron chi connectivity index (χ0n) is 11.9. The van der Waals surface area contributed by atoms with Crippen LogP contribution in [-0.4, -0.2) is 17.4 Å². The van der Waals surface area contributed by atoms with Gasteiger partial charge in [-0.3, -0.25) is 4.99 Å². The summed E-state index contributed by atoms with van der Waals surface area (Å²) in [4.78, 5) is 6.60. The highest BCUT2D eigenvalue weighted by molar-refractivity contribution is 7.14. The normalized spacial score (nSPS) is 12.4. The van der Waals surface area contributed by atoms with Gasteiger partial charge in [-0.15, -0.1) is 22.7 Å². The molecule has 22 heavy (non-hydrogen) atoms. The Kier molecular flexibility index (Phi) is 4.87. The molecule has 0 unspecified atom stereocenters. The molecule has 0 N–H and O–H groups in total. The molecule has 0 atom stereocenters. The van der Waals surface area contributed by atoms with Gasteiger partial charge in [0.1, 0.15) is 0 Å². The van der Waals surface area contributed by atoms with Crippen molar-refractivity contribution in [2.45, 2.75) is 6.92 Å². The summed E-state index contributed by atoms with van der Waals surface area (Å²) >= 11 is 9.21. The van der Waals surface area contributed by atoms with Crippen molar-refractivity contribution in [3.8, 4) is 10.6 Å². The van der Waals surface area contributed by atoms with Gasteiger partial charge >= 0.3 is 0 Å². The van der Waals surface area contributed by atoms with Gasteiger partial charge in [0.15, 0.2) is 0 Å².